The van der Waals surface area contributed by atoms with E-state index in [1.165, 1.54) is 29.8 Å². The Kier molecular flexibility index (Phi) is 3.10. The van der Waals surface area contributed by atoms with E-state index < -0.39 is 0 Å². The van der Waals surface area contributed by atoms with Crippen molar-refractivity contribution in [1.29, 1.82) is 0 Å². The molecule has 0 N–H and O–H groups in total. The maximum absolute atomic E-state index is 5.23. The molecule has 0 bridgehead atoms. The van der Waals surface area contributed by atoms with Crippen molar-refractivity contribution in [3.8, 4) is 16.9 Å². The highest BCUT2D eigenvalue weighted by Gasteiger charge is 2.18. The van der Waals surface area contributed by atoms with Crippen molar-refractivity contribution in [2.24, 2.45) is 0 Å². The molecule has 0 unspecified atom stereocenters. The van der Waals surface area contributed by atoms with Crippen LogP contribution in [0.5, 0.6) is 5.75 Å². The van der Waals surface area contributed by atoms with E-state index in [0.29, 0.717) is 0 Å². The first-order chi connectivity index (χ1) is 10.8. The topological polar surface area (TPSA) is 39.4 Å². The maximum atomic E-state index is 5.23. The summed E-state index contributed by atoms with van der Waals surface area (Å²) in [7, 11) is 1.68. The number of hydrogen-bond donors (Lipinski definition) is 0. The van der Waals surface area contributed by atoms with Gasteiger partial charge >= 0.3 is 0 Å². The van der Waals surface area contributed by atoms with Crippen LogP contribution < -0.4 is 4.74 Å². The highest BCUT2D eigenvalue weighted by molar-refractivity contribution is 5.77. The van der Waals surface area contributed by atoms with Crippen molar-refractivity contribution in [1.82, 2.24) is 14.6 Å². The molecule has 0 fully saturated rings. The fourth-order valence-corrected chi connectivity index (χ4v) is 3.33. The minimum atomic E-state index is 0.863. The molecule has 22 heavy (non-hydrogen) atoms. The van der Waals surface area contributed by atoms with Crippen LogP contribution in [-0.4, -0.2) is 21.7 Å². The van der Waals surface area contributed by atoms with Gasteiger partial charge in [0.05, 0.1) is 13.3 Å². The molecule has 0 saturated heterocycles. The lowest BCUT2D eigenvalue weighted by Gasteiger charge is -2.17. The lowest BCUT2D eigenvalue weighted by atomic mass is 9.95. The quantitative estimate of drug-likeness (QED) is 0.725. The average Bonchev–Trinajstić information content (AvgIpc) is 2.99. The Bertz CT molecular complexity index is 834. The molecule has 0 saturated carbocycles. The van der Waals surface area contributed by atoms with Gasteiger partial charge in [0.15, 0.2) is 5.65 Å². The maximum Gasteiger partial charge on any atom is 0.163 e. The van der Waals surface area contributed by atoms with E-state index in [9.17, 15) is 0 Å². The molecule has 4 rings (SSSR count). The van der Waals surface area contributed by atoms with Crippen molar-refractivity contribution in [3.63, 3.8) is 0 Å². The molecule has 1 aliphatic carbocycles. The summed E-state index contributed by atoms with van der Waals surface area (Å²) in [4.78, 5) is 4.92. The predicted octanol–water partition coefficient (Wildman–Crippen LogP) is 3.59. The normalized spacial score (nSPS) is 14.1. The van der Waals surface area contributed by atoms with Crippen LogP contribution in [0.1, 0.15) is 29.8 Å². The number of rotatable bonds is 2. The van der Waals surface area contributed by atoms with Gasteiger partial charge in [0.2, 0.25) is 0 Å². The van der Waals surface area contributed by atoms with Crippen molar-refractivity contribution in [3.05, 3.63) is 47.4 Å². The second-order valence-electron chi connectivity index (χ2n) is 5.85. The number of nitrogens with zero attached hydrogens (tertiary/aromatic N) is 3. The molecule has 0 aliphatic heterocycles. The Morgan fingerprint density at radius 1 is 1.09 bits per heavy atom. The molecule has 4 nitrogen and oxygen atoms in total. The van der Waals surface area contributed by atoms with Crippen LogP contribution in [0.25, 0.3) is 16.8 Å². The SMILES string of the molecule is COc1ccc(-c2cnn3c(C)c4c(nc23)CCCC4)cc1. The van der Waals surface area contributed by atoms with Crippen LogP contribution in [0, 0.1) is 6.92 Å². The zero-order valence-electron chi connectivity index (χ0n) is 13.0. The number of aromatic nitrogens is 3. The lowest BCUT2D eigenvalue weighted by Crippen LogP contribution is -2.12. The number of hydrogen-bond acceptors (Lipinski definition) is 3. The minimum Gasteiger partial charge on any atom is -0.497 e. The molecule has 3 aromatic rings. The second kappa shape index (κ2) is 5.13. The summed E-state index contributed by atoms with van der Waals surface area (Å²) in [5.74, 6) is 0.863. The summed E-state index contributed by atoms with van der Waals surface area (Å²) < 4.78 is 7.22. The third-order valence-corrected chi connectivity index (χ3v) is 4.58. The number of benzene rings is 1. The zero-order valence-corrected chi connectivity index (χ0v) is 13.0. The first-order valence-corrected chi connectivity index (χ1v) is 7.78. The molecule has 2 aromatic heterocycles. The van der Waals surface area contributed by atoms with Gasteiger partial charge in [-0.2, -0.15) is 5.10 Å². The number of fused-ring (bicyclic) bond motifs is 2. The van der Waals surface area contributed by atoms with Crippen LogP contribution >= 0.6 is 0 Å². The molecular formula is C18H19N3O. The van der Waals surface area contributed by atoms with Crippen molar-refractivity contribution in [2.75, 3.05) is 7.11 Å². The molecule has 0 amide bonds. The molecule has 1 aromatic carbocycles. The van der Waals surface area contributed by atoms with Gasteiger partial charge in [-0.15, -0.1) is 0 Å². The van der Waals surface area contributed by atoms with E-state index >= 15 is 0 Å². The zero-order chi connectivity index (χ0) is 15.1. The van der Waals surface area contributed by atoms with Crippen molar-refractivity contribution >= 4 is 5.65 Å². The lowest BCUT2D eigenvalue weighted by molar-refractivity contribution is 0.415. The van der Waals surface area contributed by atoms with Crippen LogP contribution in [-0.2, 0) is 12.8 Å². The summed E-state index contributed by atoms with van der Waals surface area (Å²) >= 11 is 0. The van der Waals surface area contributed by atoms with E-state index in [1.807, 2.05) is 22.8 Å². The van der Waals surface area contributed by atoms with Crippen molar-refractivity contribution < 1.29 is 4.74 Å². The van der Waals surface area contributed by atoms with E-state index in [0.717, 1.165) is 35.4 Å². The Hall–Kier alpha value is -2.36. The summed E-state index contributed by atoms with van der Waals surface area (Å²) in [6, 6.07) is 8.08. The van der Waals surface area contributed by atoms with Crippen LogP contribution in [0.2, 0.25) is 0 Å². The van der Waals surface area contributed by atoms with Gasteiger partial charge in [-0.1, -0.05) is 12.1 Å². The number of ether oxygens (including phenoxy) is 1. The molecular weight excluding hydrogens is 274 g/mol. The Labute approximate surface area is 129 Å². The minimum absolute atomic E-state index is 0.863. The highest BCUT2D eigenvalue weighted by atomic mass is 16.5. The fraction of sp³-hybridized carbons (Fsp3) is 0.333. The molecule has 0 radical (unpaired) electrons. The standard InChI is InChI=1S/C18H19N3O/c1-12-15-5-3-4-6-17(15)20-18-16(11-19-21(12)18)13-7-9-14(22-2)10-8-13/h7-11H,3-6H2,1-2H3. The van der Waals surface area contributed by atoms with E-state index in [2.05, 4.69) is 24.2 Å². The number of methoxy groups -OCH3 is 1. The molecule has 2 heterocycles. The summed E-state index contributed by atoms with van der Waals surface area (Å²) in [6.07, 6.45) is 6.62. The van der Waals surface area contributed by atoms with E-state index in [-0.39, 0.29) is 0 Å². The average molecular weight is 293 g/mol. The summed E-state index contributed by atoms with van der Waals surface area (Å²) in [5.41, 5.74) is 7.05. The van der Waals surface area contributed by atoms with Crippen LogP contribution in [0.15, 0.2) is 30.5 Å². The van der Waals surface area contributed by atoms with E-state index in [4.69, 9.17) is 9.72 Å². The molecule has 1 aliphatic rings. The Morgan fingerprint density at radius 2 is 1.86 bits per heavy atom. The van der Waals surface area contributed by atoms with Gasteiger partial charge in [0.25, 0.3) is 0 Å². The first-order valence-electron chi connectivity index (χ1n) is 7.78. The van der Waals surface area contributed by atoms with E-state index in [1.54, 1.807) is 7.11 Å². The largest absolute Gasteiger partial charge is 0.497 e. The van der Waals surface area contributed by atoms with Crippen LogP contribution in [0.4, 0.5) is 0 Å². The third kappa shape index (κ3) is 1.98. The van der Waals surface area contributed by atoms with Gasteiger partial charge < -0.3 is 4.74 Å². The van der Waals surface area contributed by atoms with Crippen LogP contribution in [0.3, 0.4) is 0 Å². The highest BCUT2D eigenvalue weighted by Crippen LogP contribution is 2.29. The molecule has 112 valence electrons. The third-order valence-electron chi connectivity index (χ3n) is 4.58. The Morgan fingerprint density at radius 3 is 2.64 bits per heavy atom. The van der Waals surface area contributed by atoms with Gasteiger partial charge in [-0.3, -0.25) is 0 Å². The van der Waals surface area contributed by atoms with Crippen molar-refractivity contribution in [2.45, 2.75) is 32.6 Å². The monoisotopic (exact) mass is 293 g/mol. The predicted molar refractivity (Wildman–Crippen MR) is 86.4 cm³/mol. The summed E-state index contributed by atoms with van der Waals surface area (Å²) in [6.45, 7) is 2.16. The summed E-state index contributed by atoms with van der Waals surface area (Å²) in [5, 5.41) is 4.57. The molecule has 0 atom stereocenters. The number of aryl methyl sites for hydroxylation is 2. The first kappa shape index (κ1) is 13.3. The molecule has 4 heteroatoms. The fourth-order valence-electron chi connectivity index (χ4n) is 3.33. The Balaban J connectivity index is 1.90. The second-order valence-corrected chi connectivity index (χ2v) is 5.85. The molecule has 0 spiro atoms. The smallest absolute Gasteiger partial charge is 0.163 e. The van der Waals surface area contributed by atoms with Gasteiger partial charge in [0, 0.05) is 17.0 Å². The van der Waals surface area contributed by atoms with Gasteiger partial charge in [-0.05, 0) is 55.9 Å². The van der Waals surface area contributed by atoms with Gasteiger partial charge in [0.1, 0.15) is 5.75 Å². The van der Waals surface area contributed by atoms with Gasteiger partial charge in [-0.25, -0.2) is 9.50 Å².